The minimum atomic E-state index is -4.72. The van der Waals surface area contributed by atoms with Crippen molar-refractivity contribution in [1.29, 1.82) is 0 Å². The quantitative estimate of drug-likeness (QED) is 0.311. The lowest BCUT2D eigenvalue weighted by Gasteiger charge is -2.33. The van der Waals surface area contributed by atoms with Crippen LogP contribution in [-0.2, 0) is 9.59 Å². The van der Waals surface area contributed by atoms with E-state index in [4.69, 9.17) is 0 Å². The zero-order valence-electron chi connectivity index (χ0n) is 24.3. The van der Waals surface area contributed by atoms with Crippen molar-refractivity contribution in [2.45, 2.75) is 37.3 Å². The number of amides is 5. The summed E-state index contributed by atoms with van der Waals surface area (Å²) in [5.41, 5.74) is 1.27. The van der Waals surface area contributed by atoms with Crippen LogP contribution in [0.5, 0.6) is 0 Å². The number of carboxylic acids is 1. The highest BCUT2D eigenvalue weighted by atomic mass is 19.4. The van der Waals surface area contributed by atoms with Crippen molar-refractivity contribution in [1.82, 2.24) is 25.8 Å². The van der Waals surface area contributed by atoms with Gasteiger partial charge in [-0.15, -0.1) is 0 Å². The Hall–Kier alpha value is -5.47. The Labute approximate surface area is 261 Å². The first-order valence-corrected chi connectivity index (χ1v) is 14.4. The third-order valence-electron chi connectivity index (χ3n) is 7.48. The number of hydrogen-bond acceptors (Lipinski definition) is 6. The third-order valence-corrected chi connectivity index (χ3v) is 7.48. The van der Waals surface area contributed by atoms with E-state index in [-0.39, 0.29) is 30.2 Å². The molecule has 2 aliphatic rings. The number of aromatic nitrogens is 1. The highest BCUT2D eigenvalue weighted by molar-refractivity contribution is 6.20. The van der Waals surface area contributed by atoms with Crippen LogP contribution in [0.15, 0.2) is 84.0 Å². The number of aliphatic imine (C=N–C) groups is 1. The second kappa shape index (κ2) is 13.7. The number of rotatable bonds is 7. The summed E-state index contributed by atoms with van der Waals surface area (Å²) in [7, 11) is 0. The first-order chi connectivity index (χ1) is 22.0. The molecule has 1 saturated heterocycles. The number of benzene rings is 2. The predicted molar refractivity (Wildman–Crippen MR) is 160 cm³/mol. The summed E-state index contributed by atoms with van der Waals surface area (Å²) < 4.78 is 41.0. The average Bonchev–Trinajstić information content (AvgIpc) is 3.15. The van der Waals surface area contributed by atoms with E-state index in [1.165, 1.54) is 29.3 Å². The topological polar surface area (TPSA) is 156 Å². The number of benzodiazepines with no additional fused rings is 1. The summed E-state index contributed by atoms with van der Waals surface area (Å²) in [5, 5.41) is 17.1. The largest absolute Gasteiger partial charge is 0.479 e. The number of aliphatic carboxylic acids is 1. The van der Waals surface area contributed by atoms with Crippen molar-refractivity contribution in [2.75, 3.05) is 24.5 Å². The van der Waals surface area contributed by atoms with E-state index in [0.717, 1.165) is 0 Å². The highest BCUT2D eigenvalue weighted by Gasteiger charge is 2.40. The van der Waals surface area contributed by atoms with Crippen LogP contribution in [0, 0.1) is 0 Å². The standard InChI is InChI=1S/C31H30F3N7O5/c32-31(33,34)18-41-23-12-5-4-10-21(23)24(19-8-2-1-3-9-19)37-26(27(41)42)39-30(46)40-16-13-20(14-17-40)36-29(45)38-25(28(43)44)22-11-6-7-15-35-22/h1-12,15,20,25-26H,13-14,16-18H2,(H,39,46)(H,43,44)(H2,36,38,45)/t25?,26-/m0/s1. The van der Waals surface area contributed by atoms with E-state index in [9.17, 15) is 37.5 Å². The molecule has 1 aromatic heterocycles. The summed E-state index contributed by atoms with van der Waals surface area (Å²) in [6, 6.07) is 16.3. The van der Waals surface area contributed by atoms with Crippen LogP contribution in [0.4, 0.5) is 28.4 Å². The molecule has 0 bridgehead atoms. The zero-order chi connectivity index (χ0) is 32.8. The number of piperidine rings is 1. The number of carboxylic acid groups (broad SMARTS) is 1. The number of pyridine rings is 1. The van der Waals surface area contributed by atoms with Gasteiger partial charge in [0.15, 0.2) is 6.04 Å². The lowest BCUT2D eigenvalue weighted by Crippen LogP contribution is -2.55. The first-order valence-electron chi connectivity index (χ1n) is 14.4. The fourth-order valence-electron chi connectivity index (χ4n) is 5.29. The van der Waals surface area contributed by atoms with E-state index in [0.29, 0.717) is 28.9 Å². The number of likely N-dealkylation sites (tertiary alicyclic amines) is 1. The van der Waals surface area contributed by atoms with Crippen LogP contribution in [0.25, 0.3) is 0 Å². The summed E-state index contributed by atoms with van der Waals surface area (Å²) >= 11 is 0. The Morgan fingerprint density at radius 2 is 1.61 bits per heavy atom. The SMILES string of the molecule is O=C(NC1CCN(C(=O)N[C@@H]2N=C(c3ccccc3)c3ccccc3N(CC(F)(F)F)C2=O)CC1)NC(C(=O)O)c1ccccn1. The average molecular weight is 638 g/mol. The van der Waals surface area contributed by atoms with Crippen molar-refractivity contribution in [3.8, 4) is 0 Å². The van der Waals surface area contributed by atoms with Crippen molar-refractivity contribution >= 4 is 35.3 Å². The number of anilines is 1. The molecule has 2 aromatic carbocycles. The van der Waals surface area contributed by atoms with Crippen LogP contribution in [0.1, 0.15) is 35.7 Å². The van der Waals surface area contributed by atoms with Gasteiger partial charge in [0.1, 0.15) is 6.54 Å². The molecule has 3 aromatic rings. The van der Waals surface area contributed by atoms with Gasteiger partial charge in [-0.05, 0) is 31.0 Å². The van der Waals surface area contributed by atoms with Crippen LogP contribution >= 0.6 is 0 Å². The molecule has 240 valence electrons. The Balaban J connectivity index is 1.27. The fraction of sp³-hybridized carbons (Fsp3) is 0.290. The molecule has 5 rings (SSSR count). The molecule has 4 N–H and O–H groups in total. The number of nitrogens with one attached hydrogen (secondary N) is 3. The van der Waals surface area contributed by atoms with E-state index in [2.05, 4.69) is 25.9 Å². The normalized spacial score (nSPS) is 17.7. The second-order valence-electron chi connectivity index (χ2n) is 10.7. The molecule has 0 aliphatic carbocycles. The molecular weight excluding hydrogens is 607 g/mol. The molecule has 15 heteroatoms. The van der Waals surface area contributed by atoms with Crippen LogP contribution < -0.4 is 20.9 Å². The number of carbonyl (C=O) groups is 4. The molecule has 3 heterocycles. The van der Waals surface area contributed by atoms with Crippen LogP contribution in [0.3, 0.4) is 0 Å². The van der Waals surface area contributed by atoms with Crippen molar-refractivity contribution in [3.05, 3.63) is 95.8 Å². The summed E-state index contributed by atoms with van der Waals surface area (Å²) in [5.74, 6) is -2.33. The van der Waals surface area contributed by atoms with Crippen molar-refractivity contribution < 1.29 is 37.5 Å². The number of urea groups is 2. The molecule has 46 heavy (non-hydrogen) atoms. The number of alkyl halides is 3. The minimum Gasteiger partial charge on any atom is -0.479 e. The van der Waals surface area contributed by atoms with Gasteiger partial charge in [0, 0.05) is 36.5 Å². The Morgan fingerprint density at radius 3 is 2.26 bits per heavy atom. The summed E-state index contributed by atoms with van der Waals surface area (Å²) in [4.78, 5) is 61.6. The lowest BCUT2D eigenvalue weighted by molar-refractivity contribution is -0.139. The molecule has 2 aliphatic heterocycles. The minimum absolute atomic E-state index is 0.0162. The Morgan fingerprint density at radius 1 is 0.935 bits per heavy atom. The number of halogens is 3. The molecule has 0 radical (unpaired) electrons. The first kappa shape index (κ1) is 31.9. The molecule has 1 unspecified atom stereocenters. The third kappa shape index (κ3) is 7.60. The maximum atomic E-state index is 13.7. The molecule has 5 amide bonds. The maximum absolute atomic E-state index is 13.7. The lowest BCUT2D eigenvalue weighted by atomic mass is 10.0. The van der Waals surface area contributed by atoms with Gasteiger partial charge >= 0.3 is 24.2 Å². The van der Waals surface area contributed by atoms with Gasteiger partial charge < -0.3 is 26.0 Å². The second-order valence-corrected chi connectivity index (χ2v) is 10.7. The maximum Gasteiger partial charge on any atom is 0.406 e. The molecule has 12 nitrogen and oxygen atoms in total. The van der Waals surface area contributed by atoms with Gasteiger partial charge in [-0.25, -0.2) is 19.4 Å². The highest BCUT2D eigenvalue weighted by Crippen LogP contribution is 2.31. The van der Waals surface area contributed by atoms with E-state index >= 15 is 0 Å². The number of nitrogens with zero attached hydrogens (tertiary/aromatic N) is 4. The zero-order valence-corrected chi connectivity index (χ0v) is 24.3. The number of carbonyl (C=O) groups excluding carboxylic acids is 3. The van der Waals surface area contributed by atoms with Gasteiger partial charge in [0.25, 0.3) is 5.91 Å². The van der Waals surface area contributed by atoms with Gasteiger partial charge in [-0.1, -0.05) is 54.6 Å². The fourth-order valence-corrected chi connectivity index (χ4v) is 5.29. The molecule has 0 saturated carbocycles. The molecule has 0 spiro atoms. The molecule has 1 fully saturated rings. The van der Waals surface area contributed by atoms with Crippen molar-refractivity contribution in [3.63, 3.8) is 0 Å². The smallest absolute Gasteiger partial charge is 0.406 e. The van der Waals surface area contributed by atoms with Crippen molar-refractivity contribution in [2.24, 2.45) is 4.99 Å². The van der Waals surface area contributed by atoms with Gasteiger partial charge in [-0.3, -0.25) is 14.7 Å². The Kier molecular flexibility index (Phi) is 9.49. The predicted octanol–water partition coefficient (Wildman–Crippen LogP) is 3.45. The van der Waals surface area contributed by atoms with Gasteiger partial charge in [0.2, 0.25) is 6.17 Å². The summed E-state index contributed by atoms with van der Waals surface area (Å²) in [6.07, 6.45) is -4.37. The van der Waals surface area contributed by atoms with Crippen LogP contribution in [0.2, 0.25) is 0 Å². The van der Waals surface area contributed by atoms with Crippen LogP contribution in [-0.4, -0.2) is 82.7 Å². The van der Waals surface area contributed by atoms with E-state index < -0.39 is 54.9 Å². The van der Waals surface area contributed by atoms with E-state index in [1.54, 1.807) is 54.6 Å². The monoisotopic (exact) mass is 637 g/mol. The van der Waals surface area contributed by atoms with E-state index in [1.807, 2.05) is 0 Å². The molecule has 2 atom stereocenters. The Bertz CT molecular complexity index is 1610. The molecular formula is C31H30F3N7O5. The number of para-hydroxylation sites is 1. The number of hydrogen-bond donors (Lipinski definition) is 4. The number of fused-ring (bicyclic) bond motifs is 1. The summed E-state index contributed by atoms with van der Waals surface area (Å²) in [6.45, 7) is -1.29. The van der Waals surface area contributed by atoms with Gasteiger partial charge in [-0.2, -0.15) is 13.2 Å². The van der Waals surface area contributed by atoms with Gasteiger partial charge in [0.05, 0.1) is 17.1 Å².